The number of benzene rings is 1. The van der Waals surface area contributed by atoms with Crippen molar-refractivity contribution in [2.75, 3.05) is 13.0 Å². The van der Waals surface area contributed by atoms with E-state index in [0.717, 1.165) is 17.6 Å². The summed E-state index contributed by atoms with van der Waals surface area (Å²) in [6, 6.07) is 7.52. The van der Waals surface area contributed by atoms with E-state index in [1.807, 2.05) is 24.3 Å². The quantitative estimate of drug-likeness (QED) is 0.544. The molecule has 0 aliphatic heterocycles. The minimum atomic E-state index is -0.417. The molecule has 0 amide bonds. The highest BCUT2D eigenvalue weighted by atomic mass is 35.5. The van der Waals surface area contributed by atoms with E-state index in [2.05, 4.69) is 0 Å². The Kier molecular flexibility index (Phi) is 5.90. The number of rotatable bonds is 7. The zero-order valence-electron chi connectivity index (χ0n) is 9.19. The minimum absolute atomic E-state index is 0.407. The summed E-state index contributed by atoms with van der Waals surface area (Å²) in [7, 11) is 1.62. The molecular weight excluding hydrogens is 228 g/mol. The summed E-state index contributed by atoms with van der Waals surface area (Å²) in [5.41, 5.74) is 1.00. The van der Waals surface area contributed by atoms with E-state index in [9.17, 15) is 4.79 Å². The number of aldehydes is 1. The van der Waals surface area contributed by atoms with Crippen LogP contribution in [0.4, 0.5) is 0 Å². The van der Waals surface area contributed by atoms with Gasteiger partial charge in [0, 0.05) is 5.88 Å². The lowest BCUT2D eigenvalue weighted by molar-refractivity contribution is -0.118. The van der Waals surface area contributed by atoms with Crippen molar-refractivity contribution in [3.8, 4) is 5.75 Å². The molecule has 88 valence electrons. The number of hydrogen-bond donors (Lipinski definition) is 0. The number of alkyl halides is 1. The number of hydrogen-bond acceptors (Lipinski definition) is 3. The summed E-state index contributed by atoms with van der Waals surface area (Å²) in [6.45, 7) is 0.407. The Hall–Kier alpha value is -1.06. The summed E-state index contributed by atoms with van der Waals surface area (Å²) >= 11 is 5.54. The van der Waals surface area contributed by atoms with E-state index in [1.54, 1.807) is 7.11 Å². The van der Waals surface area contributed by atoms with Gasteiger partial charge >= 0.3 is 0 Å². The first-order valence-corrected chi connectivity index (χ1v) is 5.59. The van der Waals surface area contributed by atoms with Crippen molar-refractivity contribution in [3.05, 3.63) is 29.8 Å². The fraction of sp³-hybridized carbons (Fsp3) is 0.417. The number of ether oxygens (including phenoxy) is 2. The molecule has 4 heteroatoms. The van der Waals surface area contributed by atoms with Gasteiger partial charge in [0.1, 0.15) is 18.1 Å². The average molecular weight is 243 g/mol. The number of halogens is 1. The Morgan fingerprint density at radius 1 is 1.38 bits per heavy atom. The van der Waals surface area contributed by atoms with Crippen molar-refractivity contribution in [2.45, 2.75) is 19.1 Å². The molecule has 0 saturated heterocycles. The summed E-state index contributed by atoms with van der Waals surface area (Å²) < 4.78 is 10.4. The molecule has 1 aromatic carbocycles. The first kappa shape index (κ1) is 13.0. The fourth-order valence-electron chi connectivity index (χ4n) is 1.22. The largest absolute Gasteiger partial charge is 0.497 e. The first-order chi connectivity index (χ1) is 7.80. The van der Waals surface area contributed by atoms with Crippen LogP contribution in [0.2, 0.25) is 0 Å². The van der Waals surface area contributed by atoms with E-state index >= 15 is 0 Å². The third-order valence-electron chi connectivity index (χ3n) is 2.17. The fourth-order valence-corrected chi connectivity index (χ4v) is 1.44. The smallest absolute Gasteiger partial charge is 0.148 e. The molecule has 0 aliphatic carbocycles. The molecule has 0 aromatic heterocycles. The predicted octanol–water partition coefficient (Wildman–Crippen LogP) is 2.41. The van der Waals surface area contributed by atoms with Crippen LogP contribution in [0.25, 0.3) is 0 Å². The molecule has 1 atom stereocenters. The van der Waals surface area contributed by atoms with Crippen LogP contribution < -0.4 is 4.74 Å². The summed E-state index contributed by atoms with van der Waals surface area (Å²) in [6.07, 6.45) is 0.909. The molecule has 3 nitrogen and oxygen atoms in total. The Labute approximate surface area is 100 Å². The highest BCUT2D eigenvalue weighted by molar-refractivity contribution is 6.17. The van der Waals surface area contributed by atoms with Crippen molar-refractivity contribution in [2.24, 2.45) is 0 Å². The van der Waals surface area contributed by atoms with E-state index < -0.39 is 6.10 Å². The Morgan fingerprint density at radius 3 is 2.56 bits per heavy atom. The highest BCUT2D eigenvalue weighted by Gasteiger charge is 2.06. The standard InChI is InChI=1S/C12H15ClO3/c1-15-11-4-2-10(3-5-11)9-16-12(8-14)6-7-13/h2-5,8,12H,6-7,9H2,1H3/t12-/m0/s1. The van der Waals surface area contributed by atoms with Crippen LogP contribution in [0.1, 0.15) is 12.0 Å². The Morgan fingerprint density at radius 2 is 2.06 bits per heavy atom. The SMILES string of the molecule is COc1ccc(CO[C@H](C=O)CCCl)cc1. The summed E-state index contributed by atoms with van der Waals surface area (Å²) in [4.78, 5) is 10.6. The molecular formula is C12H15ClO3. The lowest BCUT2D eigenvalue weighted by Crippen LogP contribution is -2.14. The molecule has 1 rings (SSSR count). The number of carbonyl (C=O) groups is 1. The predicted molar refractivity (Wildman–Crippen MR) is 63.0 cm³/mol. The van der Waals surface area contributed by atoms with Gasteiger partial charge in [-0.1, -0.05) is 12.1 Å². The third kappa shape index (κ3) is 4.21. The van der Waals surface area contributed by atoms with Crippen molar-refractivity contribution in [1.82, 2.24) is 0 Å². The van der Waals surface area contributed by atoms with Gasteiger partial charge in [-0.3, -0.25) is 0 Å². The molecule has 0 heterocycles. The molecule has 0 radical (unpaired) electrons. The van der Waals surface area contributed by atoms with Gasteiger partial charge in [0.05, 0.1) is 13.7 Å². The molecule has 1 aromatic rings. The molecule has 0 aliphatic rings. The van der Waals surface area contributed by atoms with Crippen LogP contribution in [0, 0.1) is 0 Å². The molecule has 0 spiro atoms. The van der Waals surface area contributed by atoms with Crippen LogP contribution in [-0.2, 0) is 16.1 Å². The van der Waals surface area contributed by atoms with Gasteiger partial charge in [0.25, 0.3) is 0 Å². The molecule has 0 bridgehead atoms. The third-order valence-corrected chi connectivity index (χ3v) is 2.39. The van der Waals surface area contributed by atoms with Crippen LogP contribution >= 0.6 is 11.6 Å². The molecule has 16 heavy (non-hydrogen) atoms. The van der Waals surface area contributed by atoms with Gasteiger partial charge in [-0.05, 0) is 24.1 Å². The molecule has 0 N–H and O–H groups in total. The van der Waals surface area contributed by atoms with Gasteiger partial charge < -0.3 is 14.3 Å². The van der Waals surface area contributed by atoms with Crippen molar-refractivity contribution >= 4 is 17.9 Å². The zero-order chi connectivity index (χ0) is 11.8. The Bertz CT molecular complexity index is 311. The zero-order valence-corrected chi connectivity index (χ0v) is 9.94. The lowest BCUT2D eigenvalue weighted by Gasteiger charge is -2.10. The number of carbonyl (C=O) groups excluding carboxylic acids is 1. The van der Waals surface area contributed by atoms with Crippen molar-refractivity contribution < 1.29 is 14.3 Å². The second kappa shape index (κ2) is 7.25. The second-order valence-electron chi connectivity index (χ2n) is 3.31. The maximum absolute atomic E-state index is 10.6. The average Bonchev–Trinajstić information content (AvgIpc) is 2.35. The van der Waals surface area contributed by atoms with Crippen molar-refractivity contribution in [1.29, 1.82) is 0 Å². The van der Waals surface area contributed by atoms with Gasteiger partial charge in [0.2, 0.25) is 0 Å². The highest BCUT2D eigenvalue weighted by Crippen LogP contribution is 2.12. The molecule has 0 saturated carbocycles. The van der Waals surface area contributed by atoms with Crippen LogP contribution in [0.5, 0.6) is 5.75 Å². The maximum Gasteiger partial charge on any atom is 0.148 e. The topological polar surface area (TPSA) is 35.5 Å². The molecule has 0 unspecified atom stereocenters. The van der Waals surface area contributed by atoms with E-state index in [0.29, 0.717) is 18.9 Å². The minimum Gasteiger partial charge on any atom is -0.497 e. The lowest BCUT2D eigenvalue weighted by atomic mass is 10.2. The van der Waals surface area contributed by atoms with E-state index in [-0.39, 0.29) is 0 Å². The monoisotopic (exact) mass is 242 g/mol. The van der Waals surface area contributed by atoms with Crippen LogP contribution in [-0.4, -0.2) is 25.4 Å². The maximum atomic E-state index is 10.6. The van der Waals surface area contributed by atoms with Crippen LogP contribution in [0.15, 0.2) is 24.3 Å². The van der Waals surface area contributed by atoms with E-state index in [4.69, 9.17) is 21.1 Å². The van der Waals surface area contributed by atoms with Crippen molar-refractivity contribution in [3.63, 3.8) is 0 Å². The van der Waals surface area contributed by atoms with Gasteiger partial charge in [0.15, 0.2) is 0 Å². The summed E-state index contributed by atoms with van der Waals surface area (Å²) in [5, 5.41) is 0. The first-order valence-electron chi connectivity index (χ1n) is 5.06. The van der Waals surface area contributed by atoms with Gasteiger partial charge in [-0.15, -0.1) is 11.6 Å². The molecule has 0 fully saturated rings. The normalized spacial score (nSPS) is 12.1. The van der Waals surface area contributed by atoms with Crippen LogP contribution in [0.3, 0.4) is 0 Å². The van der Waals surface area contributed by atoms with Gasteiger partial charge in [-0.25, -0.2) is 0 Å². The second-order valence-corrected chi connectivity index (χ2v) is 3.69. The number of methoxy groups -OCH3 is 1. The summed E-state index contributed by atoms with van der Waals surface area (Å²) in [5.74, 6) is 1.22. The Balaban J connectivity index is 2.43. The van der Waals surface area contributed by atoms with E-state index in [1.165, 1.54) is 0 Å². The van der Waals surface area contributed by atoms with Gasteiger partial charge in [-0.2, -0.15) is 0 Å².